The monoisotopic (exact) mass is 206 g/mol. The number of hydrogen-bond acceptors (Lipinski definition) is 1. The summed E-state index contributed by atoms with van der Waals surface area (Å²) in [5.41, 5.74) is 2.32. The van der Waals surface area contributed by atoms with Crippen LogP contribution in [-0.2, 0) is 0 Å². The van der Waals surface area contributed by atoms with Crippen LogP contribution in [0.25, 0.3) is 11.0 Å². The third-order valence-electron chi connectivity index (χ3n) is 2.66. The van der Waals surface area contributed by atoms with Crippen LogP contribution in [0.2, 0.25) is 0 Å². The Kier molecular flexibility index (Phi) is 2.42. The third kappa shape index (κ3) is 1.38. The summed E-state index contributed by atoms with van der Waals surface area (Å²) >= 11 is 5.30. The number of aromatic amines is 1. The van der Waals surface area contributed by atoms with Gasteiger partial charge in [0.2, 0.25) is 0 Å². The number of rotatable bonds is 2. The Labute approximate surface area is 88.6 Å². The summed E-state index contributed by atoms with van der Waals surface area (Å²) < 4.78 is 3.01. The van der Waals surface area contributed by atoms with Gasteiger partial charge >= 0.3 is 0 Å². The van der Waals surface area contributed by atoms with Gasteiger partial charge in [-0.1, -0.05) is 19.1 Å². The van der Waals surface area contributed by atoms with Crippen molar-refractivity contribution in [1.82, 2.24) is 9.55 Å². The second-order valence-electron chi connectivity index (χ2n) is 3.57. The molecule has 1 atom stereocenters. The molecule has 3 heteroatoms. The molecule has 2 aromatic rings. The van der Waals surface area contributed by atoms with Crippen LogP contribution in [0.1, 0.15) is 26.3 Å². The van der Waals surface area contributed by atoms with Gasteiger partial charge in [0.25, 0.3) is 0 Å². The van der Waals surface area contributed by atoms with Crippen LogP contribution in [-0.4, -0.2) is 9.55 Å². The first-order valence-electron chi connectivity index (χ1n) is 4.93. The van der Waals surface area contributed by atoms with Crippen molar-refractivity contribution in [3.8, 4) is 0 Å². The van der Waals surface area contributed by atoms with Gasteiger partial charge in [-0.3, -0.25) is 0 Å². The van der Waals surface area contributed by atoms with Gasteiger partial charge in [-0.05, 0) is 37.7 Å². The normalized spacial score (nSPS) is 13.3. The maximum atomic E-state index is 5.30. The zero-order valence-corrected chi connectivity index (χ0v) is 9.27. The van der Waals surface area contributed by atoms with E-state index in [9.17, 15) is 0 Å². The third-order valence-corrected chi connectivity index (χ3v) is 2.95. The van der Waals surface area contributed by atoms with Crippen LogP contribution in [0.5, 0.6) is 0 Å². The molecule has 0 bridgehead atoms. The number of H-pyrrole nitrogens is 1. The predicted octanol–water partition coefficient (Wildman–Crippen LogP) is 3.67. The van der Waals surface area contributed by atoms with Crippen molar-refractivity contribution in [1.29, 1.82) is 0 Å². The van der Waals surface area contributed by atoms with Crippen LogP contribution < -0.4 is 0 Å². The maximum Gasteiger partial charge on any atom is 0.178 e. The van der Waals surface area contributed by atoms with Gasteiger partial charge in [0.05, 0.1) is 11.0 Å². The minimum Gasteiger partial charge on any atom is -0.331 e. The van der Waals surface area contributed by atoms with Crippen molar-refractivity contribution in [2.45, 2.75) is 26.3 Å². The molecule has 14 heavy (non-hydrogen) atoms. The Morgan fingerprint density at radius 2 is 2.14 bits per heavy atom. The zero-order valence-electron chi connectivity index (χ0n) is 8.45. The highest BCUT2D eigenvalue weighted by atomic mass is 32.1. The van der Waals surface area contributed by atoms with Crippen molar-refractivity contribution < 1.29 is 0 Å². The summed E-state index contributed by atoms with van der Waals surface area (Å²) in [6.07, 6.45) is 1.09. The molecule has 0 spiro atoms. The van der Waals surface area contributed by atoms with E-state index in [-0.39, 0.29) is 0 Å². The molecule has 0 radical (unpaired) electrons. The molecule has 1 N–H and O–H groups in total. The summed E-state index contributed by atoms with van der Waals surface area (Å²) in [6, 6.07) is 8.69. The average Bonchev–Trinajstić information content (AvgIpc) is 2.53. The van der Waals surface area contributed by atoms with Gasteiger partial charge in [0.15, 0.2) is 4.77 Å². The fourth-order valence-electron chi connectivity index (χ4n) is 1.69. The van der Waals surface area contributed by atoms with Crippen molar-refractivity contribution in [3.63, 3.8) is 0 Å². The second-order valence-corrected chi connectivity index (χ2v) is 3.96. The van der Waals surface area contributed by atoms with Crippen molar-refractivity contribution >= 4 is 23.3 Å². The SMILES string of the molecule is CC[C@@H](C)n1c(=S)[nH]c2ccccc21. The largest absolute Gasteiger partial charge is 0.331 e. The minimum absolute atomic E-state index is 0.457. The quantitative estimate of drug-likeness (QED) is 0.743. The van der Waals surface area contributed by atoms with Crippen molar-refractivity contribution in [2.24, 2.45) is 0 Å². The fourth-order valence-corrected chi connectivity index (χ4v) is 2.08. The number of benzene rings is 1. The lowest BCUT2D eigenvalue weighted by molar-refractivity contribution is 0.539. The molecule has 0 saturated carbocycles. The molecule has 1 heterocycles. The topological polar surface area (TPSA) is 20.7 Å². The average molecular weight is 206 g/mol. The Bertz CT molecular complexity index is 495. The minimum atomic E-state index is 0.457. The highest BCUT2D eigenvalue weighted by Crippen LogP contribution is 2.20. The molecule has 0 aliphatic rings. The molecule has 74 valence electrons. The van der Waals surface area contributed by atoms with Gasteiger partial charge in [-0.25, -0.2) is 0 Å². The van der Waals surface area contributed by atoms with Gasteiger partial charge < -0.3 is 9.55 Å². The van der Waals surface area contributed by atoms with E-state index >= 15 is 0 Å². The van der Waals surface area contributed by atoms with E-state index in [4.69, 9.17) is 12.2 Å². The van der Waals surface area contributed by atoms with Crippen LogP contribution in [0, 0.1) is 4.77 Å². The lowest BCUT2D eigenvalue weighted by atomic mass is 10.2. The molecule has 2 nitrogen and oxygen atoms in total. The standard InChI is InChI=1S/C11H14N2S/c1-3-8(2)13-10-7-5-4-6-9(10)12-11(13)14/h4-8H,3H2,1-2H3,(H,12,14)/t8-/m1/s1. The number of nitrogens with zero attached hydrogens (tertiary/aromatic N) is 1. The number of fused-ring (bicyclic) bond motifs is 1. The van der Waals surface area contributed by atoms with E-state index in [1.807, 2.05) is 12.1 Å². The summed E-state index contributed by atoms with van der Waals surface area (Å²) in [5, 5.41) is 0. The number of aromatic nitrogens is 2. The van der Waals surface area contributed by atoms with Crippen molar-refractivity contribution in [3.05, 3.63) is 29.0 Å². The molecule has 0 aliphatic heterocycles. The lowest BCUT2D eigenvalue weighted by Gasteiger charge is -2.11. The number of nitrogens with one attached hydrogen (secondary N) is 1. The first-order chi connectivity index (χ1) is 6.74. The van der Waals surface area contributed by atoms with Gasteiger partial charge in [0.1, 0.15) is 0 Å². The van der Waals surface area contributed by atoms with E-state index < -0.39 is 0 Å². The second kappa shape index (κ2) is 3.58. The number of hydrogen-bond donors (Lipinski definition) is 1. The molecule has 1 aromatic heterocycles. The summed E-state index contributed by atoms with van der Waals surface area (Å²) in [4.78, 5) is 3.22. The molecule has 0 unspecified atom stereocenters. The smallest absolute Gasteiger partial charge is 0.178 e. The fraction of sp³-hybridized carbons (Fsp3) is 0.364. The zero-order chi connectivity index (χ0) is 10.1. The molecule has 0 amide bonds. The molecular formula is C11H14N2S. The Morgan fingerprint density at radius 3 is 2.86 bits per heavy atom. The van der Waals surface area contributed by atoms with E-state index in [0.29, 0.717) is 6.04 Å². The highest BCUT2D eigenvalue weighted by molar-refractivity contribution is 7.71. The van der Waals surface area contributed by atoms with E-state index in [1.54, 1.807) is 0 Å². The first-order valence-corrected chi connectivity index (χ1v) is 5.34. The molecule has 0 aliphatic carbocycles. The van der Waals surface area contributed by atoms with Crippen LogP contribution in [0.4, 0.5) is 0 Å². The van der Waals surface area contributed by atoms with E-state index in [1.165, 1.54) is 5.52 Å². The van der Waals surface area contributed by atoms with Gasteiger partial charge in [-0.2, -0.15) is 0 Å². The maximum absolute atomic E-state index is 5.30. The van der Waals surface area contributed by atoms with Gasteiger partial charge in [0, 0.05) is 6.04 Å². The molecular weight excluding hydrogens is 192 g/mol. The van der Waals surface area contributed by atoms with E-state index in [0.717, 1.165) is 16.7 Å². The Hall–Kier alpha value is -1.09. The van der Waals surface area contributed by atoms with Crippen LogP contribution in [0.3, 0.4) is 0 Å². The molecule has 0 saturated heterocycles. The molecule has 0 fully saturated rings. The summed E-state index contributed by atoms with van der Waals surface area (Å²) in [7, 11) is 0. The molecule has 1 aromatic carbocycles. The van der Waals surface area contributed by atoms with Crippen LogP contribution in [0.15, 0.2) is 24.3 Å². The first kappa shape index (κ1) is 9.46. The summed E-state index contributed by atoms with van der Waals surface area (Å²) in [6.45, 7) is 4.37. The summed E-state index contributed by atoms with van der Waals surface area (Å²) in [5.74, 6) is 0. The molecule has 2 rings (SSSR count). The van der Waals surface area contributed by atoms with Gasteiger partial charge in [-0.15, -0.1) is 0 Å². The predicted molar refractivity (Wildman–Crippen MR) is 62.1 cm³/mol. The highest BCUT2D eigenvalue weighted by Gasteiger charge is 2.07. The Morgan fingerprint density at radius 1 is 1.43 bits per heavy atom. The van der Waals surface area contributed by atoms with Crippen molar-refractivity contribution in [2.75, 3.05) is 0 Å². The number of imidazole rings is 1. The lowest BCUT2D eigenvalue weighted by Crippen LogP contribution is -2.03. The Balaban J connectivity index is 2.74. The number of para-hydroxylation sites is 2. The van der Waals surface area contributed by atoms with Crippen LogP contribution >= 0.6 is 12.2 Å². The van der Waals surface area contributed by atoms with E-state index in [2.05, 4.69) is 35.5 Å².